The molecule has 3 N–H and O–H groups in total. The van der Waals surface area contributed by atoms with Crippen LogP contribution in [0, 0.1) is 0 Å². The lowest BCUT2D eigenvalue weighted by molar-refractivity contribution is -0.0285. The van der Waals surface area contributed by atoms with E-state index in [9.17, 15) is 13.2 Å². The smallest absolute Gasteiger partial charge is 0.337 e. The number of carboxylic acids is 1. The van der Waals surface area contributed by atoms with Crippen molar-refractivity contribution in [3.05, 3.63) is 23.8 Å². The third-order valence-electron chi connectivity index (χ3n) is 2.50. The van der Waals surface area contributed by atoms with E-state index in [1.54, 1.807) is 0 Å². The van der Waals surface area contributed by atoms with Gasteiger partial charge in [0.1, 0.15) is 4.90 Å². The Kier molecular flexibility index (Phi) is 3.24. The van der Waals surface area contributed by atoms with Gasteiger partial charge in [0.25, 0.3) is 10.0 Å². The van der Waals surface area contributed by atoms with Crippen LogP contribution in [0.3, 0.4) is 0 Å². The van der Waals surface area contributed by atoms with Crippen molar-refractivity contribution < 1.29 is 23.2 Å². The van der Waals surface area contributed by atoms with Crippen molar-refractivity contribution in [2.24, 2.45) is 0 Å². The number of nitrogens with two attached hydrogens (primary N) is 1. The highest BCUT2D eigenvalue weighted by Crippen LogP contribution is 2.25. The number of hydroxylamine groups is 1. The summed E-state index contributed by atoms with van der Waals surface area (Å²) < 4.78 is 25.2. The van der Waals surface area contributed by atoms with Gasteiger partial charge in [0.2, 0.25) is 0 Å². The Morgan fingerprint density at radius 3 is 2.72 bits per heavy atom. The van der Waals surface area contributed by atoms with Crippen LogP contribution in [0.1, 0.15) is 16.8 Å². The normalized spacial score (nSPS) is 16.9. The highest BCUT2D eigenvalue weighted by Gasteiger charge is 2.32. The zero-order valence-electron chi connectivity index (χ0n) is 9.37. The van der Waals surface area contributed by atoms with Gasteiger partial charge in [-0.1, -0.05) is 4.47 Å². The lowest BCUT2D eigenvalue weighted by Crippen LogP contribution is -2.28. The first-order valence-electron chi connectivity index (χ1n) is 5.21. The Hall–Kier alpha value is -1.64. The van der Waals surface area contributed by atoms with Gasteiger partial charge < -0.3 is 10.8 Å². The zero-order valence-corrected chi connectivity index (χ0v) is 10.2. The van der Waals surface area contributed by atoms with E-state index in [0.717, 1.165) is 10.5 Å². The number of rotatable bonds is 3. The predicted octanol–water partition coefficient (Wildman–Crippen LogP) is 0.293. The van der Waals surface area contributed by atoms with E-state index >= 15 is 0 Å². The Morgan fingerprint density at radius 2 is 2.17 bits per heavy atom. The quantitative estimate of drug-likeness (QED) is 0.765. The molecule has 1 heterocycles. The van der Waals surface area contributed by atoms with Gasteiger partial charge in [-0.15, -0.1) is 0 Å². The Labute approximate surface area is 104 Å². The van der Waals surface area contributed by atoms with E-state index < -0.39 is 16.0 Å². The maximum Gasteiger partial charge on any atom is 0.337 e. The lowest BCUT2D eigenvalue weighted by atomic mass is 10.2. The number of carboxylic acid groups (broad SMARTS) is 1. The minimum absolute atomic E-state index is 0.178. The van der Waals surface area contributed by atoms with Crippen LogP contribution in [0.25, 0.3) is 0 Å². The van der Waals surface area contributed by atoms with Gasteiger partial charge in [0, 0.05) is 12.2 Å². The summed E-state index contributed by atoms with van der Waals surface area (Å²) in [5, 5.41) is 9.00. The first-order chi connectivity index (χ1) is 8.43. The van der Waals surface area contributed by atoms with E-state index in [0.29, 0.717) is 13.0 Å². The van der Waals surface area contributed by atoms with E-state index in [1.807, 2.05) is 0 Å². The SMILES string of the molecule is Nc1ccc(C(=O)O)c(S(=O)(=O)N2CCCO2)c1. The number of nitrogens with zero attached hydrogens (tertiary/aromatic N) is 1. The van der Waals surface area contributed by atoms with E-state index in [2.05, 4.69) is 0 Å². The lowest BCUT2D eigenvalue weighted by Gasteiger charge is -2.16. The number of carbonyl (C=O) groups is 1. The molecule has 1 aliphatic rings. The molecule has 8 heteroatoms. The molecule has 2 rings (SSSR count). The molecule has 0 saturated carbocycles. The van der Waals surface area contributed by atoms with Crippen molar-refractivity contribution in [1.29, 1.82) is 0 Å². The molecule has 0 unspecified atom stereocenters. The third-order valence-corrected chi connectivity index (χ3v) is 4.22. The summed E-state index contributed by atoms with van der Waals surface area (Å²) in [6.45, 7) is 0.500. The molecule has 0 bridgehead atoms. The molecule has 0 atom stereocenters. The minimum atomic E-state index is -3.99. The van der Waals surface area contributed by atoms with Crippen LogP contribution in [0.15, 0.2) is 23.1 Å². The van der Waals surface area contributed by atoms with Crippen LogP contribution in [-0.2, 0) is 14.9 Å². The highest BCUT2D eigenvalue weighted by atomic mass is 32.2. The predicted molar refractivity (Wildman–Crippen MR) is 62.3 cm³/mol. The number of hydrogen-bond acceptors (Lipinski definition) is 5. The number of sulfonamides is 1. The van der Waals surface area contributed by atoms with Gasteiger partial charge in [-0.2, -0.15) is 0 Å². The Balaban J connectivity index is 2.55. The second-order valence-electron chi connectivity index (χ2n) is 3.78. The second-order valence-corrected chi connectivity index (χ2v) is 5.58. The number of nitrogen functional groups attached to an aromatic ring is 1. The van der Waals surface area contributed by atoms with Gasteiger partial charge in [-0.3, -0.25) is 4.84 Å². The highest BCUT2D eigenvalue weighted by molar-refractivity contribution is 7.89. The van der Waals surface area contributed by atoms with Crippen LogP contribution in [0.2, 0.25) is 0 Å². The van der Waals surface area contributed by atoms with Crippen LogP contribution in [-0.4, -0.2) is 37.1 Å². The van der Waals surface area contributed by atoms with Gasteiger partial charge in [-0.25, -0.2) is 13.2 Å². The molecule has 1 aromatic carbocycles. The fourth-order valence-electron chi connectivity index (χ4n) is 1.65. The fraction of sp³-hybridized carbons (Fsp3) is 0.300. The van der Waals surface area contributed by atoms with Crippen LogP contribution in [0.5, 0.6) is 0 Å². The minimum Gasteiger partial charge on any atom is -0.478 e. The maximum absolute atomic E-state index is 12.2. The molecule has 18 heavy (non-hydrogen) atoms. The van der Waals surface area contributed by atoms with Crippen LogP contribution in [0.4, 0.5) is 5.69 Å². The maximum atomic E-state index is 12.2. The van der Waals surface area contributed by atoms with Crippen LogP contribution >= 0.6 is 0 Å². The molecule has 1 saturated heterocycles. The van der Waals surface area contributed by atoms with E-state index in [4.69, 9.17) is 15.7 Å². The van der Waals surface area contributed by atoms with Crippen molar-refractivity contribution in [3.63, 3.8) is 0 Å². The summed E-state index contributed by atoms with van der Waals surface area (Å²) in [5.41, 5.74) is 5.37. The molecule has 7 nitrogen and oxygen atoms in total. The molecule has 98 valence electrons. The van der Waals surface area contributed by atoms with Crippen molar-refractivity contribution in [2.45, 2.75) is 11.3 Å². The van der Waals surface area contributed by atoms with Crippen molar-refractivity contribution in [3.8, 4) is 0 Å². The summed E-state index contributed by atoms with van der Waals surface area (Å²) in [4.78, 5) is 15.6. The summed E-state index contributed by atoms with van der Waals surface area (Å²) in [6.07, 6.45) is 0.573. The van der Waals surface area contributed by atoms with Crippen molar-refractivity contribution in [2.75, 3.05) is 18.9 Å². The topological polar surface area (TPSA) is 110 Å². The second kappa shape index (κ2) is 4.56. The molecule has 0 amide bonds. The van der Waals surface area contributed by atoms with Gasteiger partial charge in [0.05, 0.1) is 12.2 Å². The molecular weight excluding hydrogens is 260 g/mol. The standard InChI is InChI=1S/C10H12N2O5S/c11-7-2-3-8(10(13)14)9(6-7)18(15,16)12-4-1-5-17-12/h2-3,6H,1,4-5,11H2,(H,13,14). The largest absolute Gasteiger partial charge is 0.478 e. The summed E-state index contributed by atoms with van der Waals surface area (Å²) >= 11 is 0. The Morgan fingerprint density at radius 1 is 1.44 bits per heavy atom. The third kappa shape index (κ3) is 2.17. The molecule has 0 radical (unpaired) electrons. The monoisotopic (exact) mass is 272 g/mol. The first kappa shape index (κ1) is 12.8. The number of aromatic carboxylic acids is 1. The average Bonchev–Trinajstić information content (AvgIpc) is 2.82. The molecule has 1 aromatic rings. The van der Waals surface area contributed by atoms with E-state index in [-0.39, 0.29) is 22.7 Å². The molecule has 0 aliphatic carbocycles. The van der Waals surface area contributed by atoms with Crippen molar-refractivity contribution >= 4 is 21.7 Å². The first-order valence-corrected chi connectivity index (χ1v) is 6.65. The molecule has 1 fully saturated rings. The summed E-state index contributed by atoms with van der Waals surface area (Å²) in [5.74, 6) is -1.33. The molecule has 0 aromatic heterocycles. The zero-order chi connectivity index (χ0) is 13.3. The van der Waals surface area contributed by atoms with E-state index in [1.165, 1.54) is 12.1 Å². The van der Waals surface area contributed by atoms with Crippen LogP contribution < -0.4 is 5.73 Å². The number of anilines is 1. The molecule has 0 spiro atoms. The summed E-state index contributed by atoms with van der Waals surface area (Å²) in [6, 6.07) is 3.63. The van der Waals surface area contributed by atoms with Gasteiger partial charge >= 0.3 is 5.97 Å². The number of benzene rings is 1. The fourth-order valence-corrected chi connectivity index (χ4v) is 3.17. The Bertz CT molecular complexity index is 578. The summed E-state index contributed by atoms with van der Waals surface area (Å²) in [7, 11) is -3.99. The average molecular weight is 272 g/mol. The van der Waals surface area contributed by atoms with Crippen molar-refractivity contribution in [1.82, 2.24) is 4.47 Å². The molecular formula is C10H12N2O5S. The number of hydrogen-bond donors (Lipinski definition) is 2. The molecule has 1 aliphatic heterocycles. The van der Waals surface area contributed by atoms with Gasteiger partial charge in [0.15, 0.2) is 0 Å². The van der Waals surface area contributed by atoms with Gasteiger partial charge in [-0.05, 0) is 24.6 Å².